The second-order valence-electron chi connectivity index (χ2n) is 7.22. The maximum Gasteiger partial charge on any atom is 0.310 e. The van der Waals surface area contributed by atoms with Gasteiger partial charge in [0, 0.05) is 25.7 Å². The Morgan fingerprint density at radius 1 is 1.19 bits per heavy atom. The molecule has 26 heavy (non-hydrogen) atoms. The van der Waals surface area contributed by atoms with E-state index in [2.05, 4.69) is 26.7 Å². The lowest BCUT2D eigenvalue weighted by Crippen LogP contribution is -2.42. The molecule has 0 radical (unpaired) electrons. The fourth-order valence-corrected chi connectivity index (χ4v) is 4.18. The first-order valence-electron chi connectivity index (χ1n) is 9.94. The number of rotatable bonds is 5. The number of hydrogen-bond donors (Lipinski definition) is 1. The van der Waals surface area contributed by atoms with Crippen LogP contribution in [0.5, 0.6) is 0 Å². The number of hydrogen-bond acceptors (Lipinski definition) is 7. The zero-order chi connectivity index (χ0) is 18.5. The Kier molecular flexibility index (Phi) is 6.16. The van der Waals surface area contributed by atoms with Gasteiger partial charge in [0.1, 0.15) is 12.0 Å². The van der Waals surface area contributed by atoms with Crippen LogP contribution in [0, 0.1) is 5.92 Å². The highest BCUT2D eigenvalue weighted by Crippen LogP contribution is 2.35. The molecule has 0 spiro atoms. The molecule has 0 saturated carbocycles. The Balaban J connectivity index is 1.81. The first-order valence-corrected chi connectivity index (χ1v) is 9.94. The van der Waals surface area contributed by atoms with Crippen LogP contribution in [-0.2, 0) is 9.53 Å². The van der Waals surface area contributed by atoms with Crippen LogP contribution in [0.3, 0.4) is 0 Å². The lowest BCUT2D eigenvalue weighted by molar-refractivity contribution is -0.148. The first-order chi connectivity index (χ1) is 12.7. The summed E-state index contributed by atoms with van der Waals surface area (Å²) in [4.78, 5) is 25.6. The average Bonchev–Trinajstić information content (AvgIpc) is 2.68. The highest BCUT2D eigenvalue weighted by molar-refractivity contribution is 5.78. The van der Waals surface area contributed by atoms with E-state index in [1.165, 1.54) is 19.3 Å². The van der Waals surface area contributed by atoms with Gasteiger partial charge in [-0.3, -0.25) is 4.79 Å². The SMILES string of the molecule is CCOC(=O)C1CCCN(c2ncnc(N3CCCCC3CC)c2N)C1. The van der Waals surface area contributed by atoms with Gasteiger partial charge in [0.15, 0.2) is 11.6 Å². The molecule has 144 valence electrons. The van der Waals surface area contributed by atoms with E-state index in [0.717, 1.165) is 44.0 Å². The number of ether oxygens (including phenoxy) is 1. The number of carbonyl (C=O) groups excluding carboxylic acids is 1. The van der Waals surface area contributed by atoms with Crippen molar-refractivity contribution in [2.24, 2.45) is 5.92 Å². The van der Waals surface area contributed by atoms with Gasteiger partial charge in [-0.1, -0.05) is 6.92 Å². The van der Waals surface area contributed by atoms with Gasteiger partial charge in [0.2, 0.25) is 0 Å². The third-order valence-electron chi connectivity index (χ3n) is 5.55. The van der Waals surface area contributed by atoms with E-state index in [1.807, 2.05) is 6.92 Å². The maximum atomic E-state index is 12.1. The minimum Gasteiger partial charge on any atom is -0.466 e. The number of nitrogen functional groups attached to an aromatic ring is 1. The van der Waals surface area contributed by atoms with Crippen molar-refractivity contribution in [3.63, 3.8) is 0 Å². The molecular formula is C19H31N5O2. The quantitative estimate of drug-likeness (QED) is 0.807. The largest absolute Gasteiger partial charge is 0.466 e. The van der Waals surface area contributed by atoms with Crippen molar-refractivity contribution in [1.29, 1.82) is 0 Å². The van der Waals surface area contributed by atoms with Crippen molar-refractivity contribution in [1.82, 2.24) is 9.97 Å². The lowest BCUT2D eigenvalue weighted by Gasteiger charge is -2.38. The van der Waals surface area contributed by atoms with Gasteiger partial charge in [-0.15, -0.1) is 0 Å². The van der Waals surface area contributed by atoms with Gasteiger partial charge >= 0.3 is 5.97 Å². The van der Waals surface area contributed by atoms with Crippen molar-refractivity contribution in [2.45, 2.75) is 58.4 Å². The molecule has 0 aromatic carbocycles. The number of carbonyl (C=O) groups is 1. The molecule has 2 N–H and O–H groups in total. The summed E-state index contributed by atoms with van der Waals surface area (Å²) in [5.41, 5.74) is 7.15. The van der Waals surface area contributed by atoms with Gasteiger partial charge in [0.25, 0.3) is 0 Å². The summed E-state index contributed by atoms with van der Waals surface area (Å²) >= 11 is 0. The highest BCUT2D eigenvalue weighted by Gasteiger charge is 2.30. The summed E-state index contributed by atoms with van der Waals surface area (Å²) in [5.74, 6) is 1.37. The van der Waals surface area contributed by atoms with Crippen LogP contribution in [0.1, 0.15) is 52.4 Å². The number of nitrogens with two attached hydrogens (primary N) is 1. The molecule has 0 aliphatic carbocycles. The summed E-state index contributed by atoms with van der Waals surface area (Å²) in [5, 5.41) is 0. The zero-order valence-electron chi connectivity index (χ0n) is 16.0. The molecule has 3 rings (SSSR count). The van der Waals surface area contributed by atoms with Crippen molar-refractivity contribution in [3.05, 3.63) is 6.33 Å². The molecule has 1 aromatic heterocycles. The van der Waals surface area contributed by atoms with E-state index in [0.29, 0.717) is 24.9 Å². The summed E-state index contributed by atoms with van der Waals surface area (Å²) in [6, 6.07) is 0.488. The van der Waals surface area contributed by atoms with Crippen LogP contribution in [-0.4, -0.2) is 48.2 Å². The first kappa shape index (κ1) is 18.7. The minimum atomic E-state index is -0.118. The van der Waals surface area contributed by atoms with Crippen LogP contribution in [0.4, 0.5) is 17.3 Å². The minimum absolute atomic E-state index is 0.111. The van der Waals surface area contributed by atoms with E-state index in [4.69, 9.17) is 10.5 Å². The molecular weight excluding hydrogens is 330 g/mol. The number of nitrogens with zero attached hydrogens (tertiary/aromatic N) is 4. The molecule has 7 nitrogen and oxygen atoms in total. The van der Waals surface area contributed by atoms with E-state index >= 15 is 0 Å². The Labute approximate surface area is 155 Å². The fourth-order valence-electron chi connectivity index (χ4n) is 4.18. The normalized spacial score (nSPS) is 23.8. The maximum absolute atomic E-state index is 12.1. The number of aromatic nitrogens is 2. The molecule has 0 bridgehead atoms. The van der Waals surface area contributed by atoms with E-state index in [-0.39, 0.29) is 11.9 Å². The molecule has 2 fully saturated rings. The van der Waals surface area contributed by atoms with E-state index in [1.54, 1.807) is 6.33 Å². The molecule has 2 saturated heterocycles. The van der Waals surface area contributed by atoms with Crippen LogP contribution in [0.15, 0.2) is 6.33 Å². The summed E-state index contributed by atoms with van der Waals surface area (Å²) < 4.78 is 5.21. The zero-order valence-corrected chi connectivity index (χ0v) is 16.0. The van der Waals surface area contributed by atoms with Gasteiger partial charge in [0.05, 0.1) is 12.5 Å². The Bertz CT molecular complexity index is 624. The Morgan fingerprint density at radius 3 is 2.77 bits per heavy atom. The smallest absolute Gasteiger partial charge is 0.310 e. The standard InChI is InChI=1S/C19H31N5O2/c1-3-15-9-5-6-11-24(15)18-16(20)17(21-13-22-18)23-10-7-8-14(12-23)19(25)26-4-2/h13-15H,3-12,20H2,1-2H3. The molecule has 2 aliphatic rings. The van der Waals surface area contributed by atoms with Crippen LogP contribution in [0.2, 0.25) is 0 Å². The van der Waals surface area contributed by atoms with Crippen molar-refractivity contribution < 1.29 is 9.53 Å². The van der Waals surface area contributed by atoms with Crippen molar-refractivity contribution >= 4 is 23.3 Å². The van der Waals surface area contributed by atoms with Gasteiger partial charge in [-0.25, -0.2) is 9.97 Å². The van der Waals surface area contributed by atoms with E-state index < -0.39 is 0 Å². The van der Waals surface area contributed by atoms with E-state index in [9.17, 15) is 4.79 Å². The highest BCUT2D eigenvalue weighted by atomic mass is 16.5. The monoisotopic (exact) mass is 361 g/mol. The van der Waals surface area contributed by atoms with Gasteiger partial charge in [-0.05, 0) is 45.4 Å². The summed E-state index contributed by atoms with van der Waals surface area (Å²) in [6.45, 7) is 6.93. The average molecular weight is 361 g/mol. The predicted octanol–water partition coefficient (Wildman–Crippen LogP) is 2.61. The number of anilines is 3. The van der Waals surface area contributed by atoms with Gasteiger partial charge < -0.3 is 20.3 Å². The third kappa shape index (κ3) is 3.86. The summed E-state index contributed by atoms with van der Waals surface area (Å²) in [7, 11) is 0. The Hall–Kier alpha value is -2.05. The van der Waals surface area contributed by atoms with Crippen molar-refractivity contribution in [2.75, 3.05) is 41.8 Å². The van der Waals surface area contributed by atoms with Crippen molar-refractivity contribution in [3.8, 4) is 0 Å². The van der Waals surface area contributed by atoms with Crippen LogP contribution < -0.4 is 15.5 Å². The second-order valence-corrected chi connectivity index (χ2v) is 7.22. The number of esters is 1. The molecule has 2 aliphatic heterocycles. The lowest BCUT2D eigenvalue weighted by atomic mass is 9.98. The third-order valence-corrected chi connectivity index (χ3v) is 5.55. The molecule has 1 aromatic rings. The van der Waals surface area contributed by atoms with Gasteiger partial charge in [-0.2, -0.15) is 0 Å². The predicted molar refractivity (Wildman–Crippen MR) is 103 cm³/mol. The topological polar surface area (TPSA) is 84.6 Å². The molecule has 0 amide bonds. The van der Waals surface area contributed by atoms with Crippen LogP contribution in [0.25, 0.3) is 0 Å². The fraction of sp³-hybridized carbons (Fsp3) is 0.737. The second kappa shape index (κ2) is 8.56. The molecule has 3 heterocycles. The molecule has 2 atom stereocenters. The number of piperidine rings is 2. The Morgan fingerprint density at radius 2 is 2.00 bits per heavy atom. The molecule has 2 unspecified atom stereocenters. The van der Waals surface area contributed by atoms with Crippen LogP contribution >= 0.6 is 0 Å². The molecule has 7 heteroatoms. The summed E-state index contributed by atoms with van der Waals surface area (Å²) in [6.07, 6.45) is 8.11.